The number of carbonyl (C=O) groups is 2. The molecule has 2 aliphatic rings. The fourth-order valence-corrected chi connectivity index (χ4v) is 3.43. The van der Waals surface area contributed by atoms with Gasteiger partial charge in [-0.3, -0.25) is 14.6 Å². The minimum Gasteiger partial charge on any atom is -0.492 e. The Labute approximate surface area is 161 Å². The van der Waals surface area contributed by atoms with Crippen LogP contribution in [-0.4, -0.2) is 63.0 Å². The average molecular weight is 386 g/mol. The number of likely N-dealkylation sites (tertiary alicyclic amines) is 1. The molecule has 2 aliphatic heterocycles. The van der Waals surface area contributed by atoms with E-state index >= 15 is 0 Å². The van der Waals surface area contributed by atoms with Gasteiger partial charge >= 0.3 is 5.97 Å². The van der Waals surface area contributed by atoms with Crippen LogP contribution in [0.25, 0.3) is 11.4 Å². The van der Waals surface area contributed by atoms with Crippen molar-refractivity contribution in [1.29, 1.82) is 0 Å². The zero-order valence-corrected chi connectivity index (χ0v) is 15.4. The first kappa shape index (κ1) is 18.4. The van der Waals surface area contributed by atoms with E-state index in [4.69, 9.17) is 14.6 Å². The molecule has 4 heterocycles. The summed E-state index contributed by atoms with van der Waals surface area (Å²) < 4.78 is 12.9. The van der Waals surface area contributed by atoms with Crippen LogP contribution < -0.4 is 4.74 Å². The van der Waals surface area contributed by atoms with Gasteiger partial charge in [-0.25, -0.2) is 4.68 Å². The minimum atomic E-state index is -1.09. The molecule has 4 rings (SSSR count). The van der Waals surface area contributed by atoms with Crippen molar-refractivity contribution in [3.05, 3.63) is 30.6 Å². The van der Waals surface area contributed by atoms with Gasteiger partial charge in [-0.1, -0.05) is 0 Å². The molecule has 9 nitrogen and oxygen atoms in total. The Hall–Kier alpha value is -2.94. The highest BCUT2D eigenvalue weighted by atomic mass is 16.6. The molecule has 1 unspecified atom stereocenters. The van der Waals surface area contributed by atoms with E-state index in [-0.39, 0.29) is 18.1 Å². The topological polar surface area (TPSA) is 110 Å². The third kappa shape index (κ3) is 4.30. The molecule has 2 atom stereocenters. The number of hydrogen-bond acceptors (Lipinski definition) is 6. The van der Waals surface area contributed by atoms with Crippen molar-refractivity contribution in [3.63, 3.8) is 0 Å². The summed E-state index contributed by atoms with van der Waals surface area (Å²) in [4.78, 5) is 28.7. The summed E-state index contributed by atoms with van der Waals surface area (Å²) >= 11 is 0. The summed E-state index contributed by atoms with van der Waals surface area (Å²) in [6.45, 7) is 2.27. The molecular weight excluding hydrogens is 364 g/mol. The predicted molar refractivity (Wildman–Crippen MR) is 97.5 cm³/mol. The number of amides is 1. The van der Waals surface area contributed by atoms with E-state index in [0.717, 1.165) is 24.2 Å². The summed E-state index contributed by atoms with van der Waals surface area (Å²) in [5.41, 5.74) is 1.69. The lowest BCUT2D eigenvalue weighted by Crippen LogP contribution is -2.42. The van der Waals surface area contributed by atoms with Crippen LogP contribution in [0.5, 0.6) is 5.75 Å². The number of rotatable bonds is 7. The first-order chi connectivity index (χ1) is 13.6. The van der Waals surface area contributed by atoms with Crippen LogP contribution in [0.4, 0.5) is 0 Å². The van der Waals surface area contributed by atoms with Crippen LogP contribution in [0, 0.1) is 5.92 Å². The van der Waals surface area contributed by atoms with E-state index < -0.39 is 12.4 Å². The Morgan fingerprint density at radius 2 is 2.18 bits per heavy atom. The molecule has 28 heavy (non-hydrogen) atoms. The van der Waals surface area contributed by atoms with Crippen LogP contribution in [0.2, 0.25) is 0 Å². The number of ether oxygens (including phenoxy) is 2. The number of epoxide rings is 1. The second kappa shape index (κ2) is 7.97. The Kier molecular flexibility index (Phi) is 5.25. The summed E-state index contributed by atoms with van der Waals surface area (Å²) in [6.07, 6.45) is 4.75. The first-order valence-corrected chi connectivity index (χ1v) is 9.34. The average Bonchev–Trinajstić information content (AvgIpc) is 3.43. The van der Waals surface area contributed by atoms with Crippen molar-refractivity contribution in [3.8, 4) is 17.1 Å². The molecule has 0 radical (unpaired) electrons. The lowest BCUT2D eigenvalue weighted by atomic mass is 9.98. The Bertz CT molecular complexity index is 846. The van der Waals surface area contributed by atoms with Crippen LogP contribution in [0.1, 0.15) is 25.5 Å². The van der Waals surface area contributed by atoms with Gasteiger partial charge in [-0.2, -0.15) is 5.10 Å². The summed E-state index contributed by atoms with van der Waals surface area (Å²) in [5, 5.41) is 13.0. The highest BCUT2D eigenvalue weighted by molar-refractivity contribution is 5.93. The summed E-state index contributed by atoms with van der Waals surface area (Å²) in [6, 6.07) is 5.65. The van der Waals surface area contributed by atoms with Crippen molar-refractivity contribution >= 4 is 11.9 Å². The number of carbonyl (C=O) groups excluding carboxylic acids is 1. The third-order valence-electron chi connectivity index (χ3n) is 4.92. The fraction of sp³-hybridized carbons (Fsp3) is 0.474. The van der Waals surface area contributed by atoms with Gasteiger partial charge in [0.2, 0.25) is 5.91 Å². The maximum absolute atomic E-state index is 11.9. The Balaban J connectivity index is 1.32. The molecule has 2 aromatic rings. The van der Waals surface area contributed by atoms with Crippen LogP contribution >= 0.6 is 0 Å². The zero-order valence-electron chi connectivity index (χ0n) is 15.4. The molecule has 0 aliphatic carbocycles. The number of carboxylic acid groups (broad SMARTS) is 1. The number of aliphatic carboxylic acids is 1. The number of carboxylic acids is 1. The Morgan fingerprint density at radius 1 is 1.32 bits per heavy atom. The molecule has 1 N–H and O–H groups in total. The molecule has 2 saturated heterocycles. The lowest BCUT2D eigenvalue weighted by Gasteiger charge is -2.32. The summed E-state index contributed by atoms with van der Waals surface area (Å²) in [7, 11) is 0. The quantitative estimate of drug-likeness (QED) is 0.568. The molecule has 148 valence electrons. The van der Waals surface area contributed by atoms with Crippen LogP contribution in [0.3, 0.4) is 0 Å². The standard InChI is InChI=1S/C19H22N4O5/c24-17(8-19(25)26)22-7-1-2-13(10-22)11-27-14-3-4-15(20-9-14)16-5-6-21-23(16)18-12-28-18/h3-6,9,13,18H,1-2,7-8,10-12H2,(H,25,26)/t13-,18?/m1/s1. The second-order valence-corrected chi connectivity index (χ2v) is 7.06. The lowest BCUT2D eigenvalue weighted by molar-refractivity contribution is -0.145. The van der Waals surface area contributed by atoms with Gasteiger partial charge in [0.25, 0.3) is 0 Å². The molecule has 2 fully saturated rings. The molecular formula is C19H22N4O5. The molecule has 2 aromatic heterocycles. The number of nitrogens with zero attached hydrogens (tertiary/aromatic N) is 4. The number of pyridine rings is 1. The van der Waals surface area contributed by atoms with Gasteiger partial charge in [0, 0.05) is 25.2 Å². The maximum Gasteiger partial charge on any atom is 0.312 e. The molecule has 0 bridgehead atoms. The van der Waals surface area contributed by atoms with Crippen molar-refractivity contribution in [2.75, 3.05) is 26.3 Å². The van der Waals surface area contributed by atoms with Gasteiger partial charge in [-0.15, -0.1) is 0 Å². The maximum atomic E-state index is 11.9. The smallest absolute Gasteiger partial charge is 0.312 e. The van der Waals surface area contributed by atoms with Gasteiger partial charge in [0.15, 0.2) is 6.23 Å². The van der Waals surface area contributed by atoms with Crippen LogP contribution in [0.15, 0.2) is 30.6 Å². The van der Waals surface area contributed by atoms with Gasteiger partial charge in [0.1, 0.15) is 12.2 Å². The van der Waals surface area contributed by atoms with Crippen molar-refractivity contribution in [2.24, 2.45) is 5.92 Å². The minimum absolute atomic E-state index is 0.000751. The van der Waals surface area contributed by atoms with E-state index in [2.05, 4.69) is 10.1 Å². The molecule has 0 spiro atoms. The zero-order chi connectivity index (χ0) is 19.5. The molecule has 0 saturated carbocycles. The van der Waals surface area contributed by atoms with E-state index in [9.17, 15) is 9.59 Å². The highest BCUT2D eigenvalue weighted by Gasteiger charge is 2.28. The van der Waals surface area contributed by atoms with Crippen molar-refractivity contribution in [2.45, 2.75) is 25.5 Å². The first-order valence-electron chi connectivity index (χ1n) is 9.34. The Morgan fingerprint density at radius 3 is 2.89 bits per heavy atom. The van der Waals surface area contributed by atoms with Gasteiger partial charge < -0.3 is 19.5 Å². The largest absolute Gasteiger partial charge is 0.492 e. The number of hydrogen-bond donors (Lipinski definition) is 1. The SMILES string of the molecule is O=C(O)CC(=O)N1CCC[C@@H](COc2ccc(-c3ccnn3C3CO3)nc2)C1. The molecule has 9 heteroatoms. The van der Waals surface area contributed by atoms with E-state index in [0.29, 0.717) is 32.1 Å². The second-order valence-electron chi connectivity index (χ2n) is 7.06. The monoisotopic (exact) mass is 386 g/mol. The van der Waals surface area contributed by atoms with Gasteiger partial charge in [0.05, 0.1) is 30.8 Å². The molecule has 0 aromatic carbocycles. The predicted octanol–water partition coefficient (Wildman–Crippen LogP) is 1.57. The highest BCUT2D eigenvalue weighted by Crippen LogP contribution is 2.29. The fourth-order valence-electron chi connectivity index (χ4n) is 3.43. The molecule has 1 amide bonds. The van der Waals surface area contributed by atoms with Gasteiger partial charge in [-0.05, 0) is 31.0 Å². The van der Waals surface area contributed by atoms with Crippen LogP contribution in [-0.2, 0) is 14.3 Å². The number of aromatic nitrogens is 3. The van der Waals surface area contributed by atoms with E-state index in [1.165, 1.54) is 0 Å². The third-order valence-corrected chi connectivity index (χ3v) is 4.92. The van der Waals surface area contributed by atoms with E-state index in [1.807, 2.05) is 22.9 Å². The van der Waals surface area contributed by atoms with E-state index in [1.54, 1.807) is 17.3 Å². The number of piperidine rings is 1. The summed E-state index contributed by atoms with van der Waals surface area (Å²) in [5.74, 6) is -0.588. The normalized spacial score (nSPS) is 21.4. The van der Waals surface area contributed by atoms with Crippen molar-refractivity contribution < 1.29 is 24.2 Å². The van der Waals surface area contributed by atoms with Crippen molar-refractivity contribution in [1.82, 2.24) is 19.7 Å².